The van der Waals surface area contributed by atoms with Crippen LogP contribution in [0.2, 0.25) is 0 Å². The number of nitrogens with zero attached hydrogens (tertiary/aromatic N) is 2. The van der Waals surface area contributed by atoms with Gasteiger partial charge >= 0.3 is 5.69 Å². The molecule has 3 atom stereocenters. The Labute approximate surface area is 124 Å². The maximum Gasteiger partial charge on any atom is 0.343 e. The van der Waals surface area contributed by atoms with Crippen LogP contribution in [0.4, 0.5) is 0 Å². The SMILES string of the molecule is CCNC1CCC(CC)CC1Sc1n[nH]c(=O)n1CC. The van der Waals surface area contributed by atoms with Gasteiger partial charge in [-0.2, -0.15) is 0 Å². The highest BCUT2D eigenvalue weighted by Gasteiger charge is 2.31. The molecule has 114 valence electrons. The molecule has 1 aliphatic rings. The summed E-state index contributed by atoms with van der Waals surface area (Å²) in [6, 6.07) is 0.532. The second-order valence-corrected chi connectivity index (χ2v) is 6.67. The summed E-state index contributed by atoms with van der Waals surface area (Å²) in [7, 11) is 0. The molecule has 3 unspecified atom stereocenters. The lowest BCUT2D eigenvalue weighted by atomic mass is 9.84. The molecule has 0 radical (unpaired) electrons. The van der Waals surface area contributed by atoms with E-state index in [2.05, 4.69) is 29.4 Å². The van der Waals surface area contributed by atoms with Crippen molar-refractivity contribution in [2.75, 3.05) is 6.54 Å². The van der Waals surface area contributed by atoms with Gasteiger partial charge in [0, 0.05) is 17.8 Å². The van der Waals surface area contributed by atoms with Crippen LogP contribution in [0.15, 0.2) is 9.95 Å². The van der Waals surface area contributed by atoms with E-state index in [0.717, 1.165) is 17.6 Å². The van der Waals surface area contributed by atoms with Crippen molar-refractivity contribution in [3.63, 3.8) is 0 Å². The molecule has 1 saturated carbocycles. The molecule has 1 heterocycles. The minimum atomic E-state index is -0.0992. The normalized spacial score (nSPS) is 26.9. The lowest BCUT2D eigenvalue weighted by Gasteiger charge is -2.35. The van der Waals surface area contributed by atoms with E-state index in [1.165, 1.54) is 25.7 Å². The fraction of sp³-hybridized carbons (Fsp3) is 0.857. The van der Waals surface area contributed by atoms with Crippen LogP contribution >= 0.6 is 11.8 Å². The van der Waals surface area contributed by atoms with E-state index in [9.17, 15) is 4.79 Å². The average molecular weight is 298 g/mol. The van der Waals surface area contributed by atoms with E-state index < -0.39 is 0 Å². The number of nitrogens with one attached hydrogen (secondary N) is 2. The molecule has 1 aromatic rings. The molecule has 0 bridgehead atoms. The third kappa shape index (κ3) is 3.47. The molecule has 2 rings (SSSR count). The van der Waals surface area contributed by atoms with E-state index in [0.29, 0.717) is 17.8 Å². The Morgan fingerprint density at radius 2 is 2.20 bits per heavy atom. The third-order valence-corrected chi connectivity index (χ3v) is 5.59. The largest absolute Gasteiger partial charge is 0.343 e. The fourth-order valence-electron chi connectivity index (χ4n) is 3.02. The number of rotatable bonds is 6. The van der Waals surface area contributed by atoms with E-state index in [-0.39, 0.29) is 5.69 Å². The Hall–Kier alpha value is -0.750. The van der Waals surface area contributed by atoms with Gasteiger partial charge in [-0.15, -0.1) is 5.10 Å². The predicted octanol–water partition coefficient (Wildman–Crippen LogP) is 2.24. The van der Waals surface area contributed by atoms with Crippen molar-refractivity contribution in [3.05, 3.63) is 10.5 Å². The predicted molar refractivity (Wildman–Crippen MR) is 83.3 cm³/mol. The zero-order valence-electron chi connectivity index (χ0n) is 12.7. The summed E-state index contributed by atoms with van der Waals surface area (Å²) < 4.78 is 1.73. The summed E-state index contributed by atoms with van der Waals surface area (Å²) in [4.78, 5) is 11.7. The number of thioether (sulfide) groups is 1. The van der Waals surface area contributed by atoms with Crippen LogP contribution in [-0.4, -0.2) is 32.6 Å². The van der Waals surface area contributed by atoms with Crippen LogP contribution in [0.5, 0.6) is 0 Å². The van der Waals surface area contributed by atoms with Gasteiger partial charge in [0.1, 0.15) is 0 Å². The van der Waals surface area contributed by atoms with Crippen LogP contribution in [0.1, 0.15) is 46.5 Å². The summed E-state index contributed by atoms with van der Waals surface area (Å²) in [6.07, 6.45) is 5.00. The Morgan fingerprint density at radius 3 is 2.85 bits per heavy atom. The highest BCUT2D eigenvalue weighted by Crippen LogP contribution is 2.36. The molecule has 0 amide bonds. The van der Waals surface area contributed by atoms with E-state index in [1.807, 2.05) is 6.92 Å². The highest BCUT2D eigenvalue weighted by molar-refractivity contribution is 7.99. The van der Waals surface area contributed by atoms with Gasteiger partial charge in [0.05, 0.1) is 0 Å². The molecule has 1 aromatic heterocycles. The monoisotopic (exact) mass is 298 g/mol. The first-order valence-electron chi connectivity index (χ1n) is 7.74. The summed E-state index contributed by atoms with van der Waals surface area (Å²) in [5, 5.41) is 11.7. The number of aromatic nitrogens is 3. The summed E-state index contributed by atoms with van der Waals surface area (Å²) in [6.45, 7) is 8.09. The van der Waals surface area contributed by atoms with Crippen LogP contribution < -0.4 is 11.0 Å². The van der Waals surface area contributed by atoms with Gasteiger partial charge in [-0.05, 0) is 38.6 Å². The first-order valence-corrected chi connectivity index (χ1v) is 8.62. The van der Waals surface area contributed by atoms with E-state index in [1.54, 1.807) is 16.3 Å². The van der Waals surface area contributed by atoms with Crippen LogP contribution in [0.25, 0.3) is 0 Å². The summed E-state index contributed by atoms with van der Waals surface area (Å²) >= 11 is 1.76. The average Bonchev–Trinajstić information content (AvgIpc) is 2.81. The van der Waals surface area contributed by atoms with E-state index >= 15 is 0 Å². The second-order valence-electron chi connectivity index (χ2n) is 5.46. The standard InChI is InChI=1S/C14H26N4OS/c1-4-10-7-8-11(15-5-2)12(9-10)20-14-17-16-13(19)18(14)6-3/h10-12,15H,4-9H2,1-3H3,(H,16,19). The quantitative estimate of drug-likeness (QED) is 0.845. The first-order chi connectivity index (χ1) is 9.69. The number of H-pyrrole nitrogens is 1. The number of hydrogen-bond donors (Lipinski definition) is 2. The lowest BCUT2D eigenvalue weighted by Crippen LogP contribution is -2.42. The molecular formula is C14H26N4OS. The fourth-order valence-corrected chi connectivity index (χ4v) is 4.49. The van der Waals surface area contributed by atoms with Gasteiger partial charge in [-0.3, -0.25) is 4.57 Å². The smallest absolute Gasteiger partial charge is 0.313 e. The third-order valence-electron chi connectivity index (χ3n) is 4.24. The van der Waals surface area contributed by atoms with Crippen molar-refractivity contribution < 1.29 is 0 Å². The molecule has 2 N–H and O–H groups in total. The van der Waals surface area contributed by atoms with Crippen molar-refractivity contribution in [2.24, 2.45) is 5.92 Å². The summed E-state index contributed by atoms with van der Waals surface area (Å²) in [5.74, 6) is 0.808. The Balaban J connectivity index is 2.11. The molecule has 0 saturated heterocycles. The van der Waals surface area contributed by atoms with Crippen molar-refractivity contribution in [2.45, 2.75) is 69.4 Å². The van der Waals surface area contributed by atoms with Gasteiger partial charge < -0.3 is 5.32 Å². The number of aromatic amines is 1. The van der Waals surface area contributed by atoms with Gasteiger partial charge in [-0.25, -0.2) is 9.89 Å². The zero-order valence-corrected chi connectivity index (χ0v) is 13.5. The van der Waals surface area contributed by atoms with Crippen molar-refractivity contribution in [3.8, 4) is 0 Å². The van der Waals surface area contributed by atoms with Gasteiger partial charge in [0.2, 0.25) is 0 Å². The minimum absolute atomic E-state index is 0.0992. The maximum absolute atomic E-state index is 11.7. The first kappa shape index (κ1) is 15.6. The van der Waals surface area contributed by atoms with Crippen molar-refractivity contribution in [1.82, 2.24) is 20.1 Å². The molecular weight excluding hydrogens is 272 g/mol. The molecule has 0 aromatic carbocycles. The Morgan fingerprint density at radius 1 is 1.40 bits per heavy atom. The summed E-state index contributed by atoms with van der Waals surface area (Å²) in [5.41, 5.74) is -0.0992. The van der Waals surface area contributed by atoms with Crippen molar-refractivity contribution in [1.29, 1.82) is 0 Å². The number of hydrogen-bond acceptors (Lipinski definition) is 4. The van der Waals surface area contributed by atoms with E-state index in [4.69, 9.17) is 0 Å². The molecule has 0 spiro atoms. The minimum Gasteiger partial charge on any atom is -0.313 e. The Kier molecular flexibility index (Phi) is 5.72. The van der Waals surface area contributed by atoms with Crippen LogP contribution in [-0.2, 0) is 6.54 Å². The lowest BCUT2D eigenvalue weighted by molar-refractivity contribution is 0.297. The van der Waals surface area contributed by atoms with Gasteiger partial charge in [0.25, 0.3) is 0 Å². The molecule has 20 heavy (non-hydrogen) atoms. The van der Waals surface area contributed by atoms with Crippen LogP contribution in [0, 0.1) is 5.92 Å². The maximum atomic E-state index is 11.7. The van der Waals surface area contributed by atoms with Crippen molar-refractivity contribution >= 4 is 11.8 Å². The van der Waals surface area contributed by atoms with Gasteiger partial charge in [0.15, 0.2) is 5.16 Å². The van der Waals surface area contributed by atoms with Crippen LogP contribution in [0.3, 0.4) is 0 Å². The zero-order chi connectivity index (χ0) is 14.5. The van der Waals surface area contributed by atoms with Gasteiger partial charge in [-0.1, -0.05) is 32.0 Å². The molecule has 6 heteroatoms. The second kappa shape index (κ2) is 7.31. The Bertz CT molecular complexity index is 470. The molecule has 5 nitrogen and oxygen atoms in total. The highest BCUT2D eigenvalue weighted by atomic mass is 32.2. The topological polar surface area (TPSA) is 62.7 Å². The molecule has 1 fully saturated rings. The molecule has 1 aliphatic carbocycles. The molecule has 0 aliphatic heterocycles.